The largest absolute Gasteiger partial charge is 0.379 e. The first-order valence-electron chi connectivity index (χ1n) is 11.9. The van der Waals surface area contributed by atoms with Crippen LogP contribution in [-0.4, -0.2) is 70.6 Å². The van der Waals surface area contributed by atoms with Gasteiger partial charge in [-0.15, -0.1) is 11.3 Å². The summed E-state index contributed by atoms with van der Waals surface area (Å²) >= 11 is 7.58. The lowest BCUT2D eigenvalue weighted by Crippen LogP contribution is -2.40. The van der Waals surface area contributed by atoms with Crippen molar-refractivity contribution in [2.75, 3.05) is 51.3 Å². The molecule has 3 aromatic heterocycles. The smallest absolute Gasteiger partial charge is 0.143 e. The topological polar surface area (TPSA) is 80.1 Å². The van der Waals surface area contributed by atoms with E-state index < -0.39 is 5.82 Å². The number of halogens is 2. The van der Waals surface area contributed by atoms with E-state index in [0.29, 0.717) is 11.5 Å². The van der Waals surface area contributed by atoms with Crippen molar-refractivity contribution in [1.29, 1.82) is 0 Å². The molecular formula is C25H25ClFN7OS. The maximum atomic E-state index is 13.6. The van der Waals surface area contributed by atoms with Crippen LogP contribution in [0.4, 0.5) is 15.9 Å². The van der Waals surface area contributed by atoms with Crippen LogP contribution in [0.1, 0.15) is 0 Å². The van der Waals surface area contributed by atoms with Gasteiger partial charge in [0.15, 0.2) is 0 Å². The summed E-state index contributed by atoms with van der Waals surface area (Å²) < 4.78 is 22.1. The summed E-state index contributed by atoms with van der Waals surface area (Å²) in [5.41, 5.74) is 1.62. The summed E-state index contributed by atoms with van der Waals surface area (Å²) in [4.78, 5) is 12.3. The summed E-state index contributed by atoms with van der Waals surface area (Å²) in [6.45, 7) is 7.32. The highest BCUT2D eigenvalue weighted by Gasteiger charge is 2.16. The van der Waals surface area contributed by atoms with E-state index in [-0.39, 0.29) is 5.02 Å². The van der Waals surface area contributed by atoms with Crippen LogP contribution in [0, 0.1) is 5.82 Å². The fourth-order valence-corrected chi connectivity index (χ4v) is 5.84. The Morgan fingerprint density at radius 3 is 2.78 bits per heavy atom. The van der Waals surface area contributed by atoms with Crippen molar-refractivity contribution in [1.82, 2.24) is 30.0 Å². The van der Waals surface area contributed by atoms with Crippen LogP contribution in [0.15, 0.2) is 42.9 Å². The van der Waals surface area contributed by atoms with Gasteiger partial charge in [0.1, 0.15) is 22.8 Å². The summed E-state index contributed by atoms with van der Waals surface area (Å²) in [5.74, 6) is 0.202. The highest BCUT2D eigenvalue weighted by atomic mass is 35.5. The summed E-state index contributed by atoms with van der Waals surface area (Å²) in [6.07, 6.45) is 3.64. The van der Waals surface area contributed by atoms with Gasteiger partial charge in [0, 0.05) is 60.1 Å². The second-order valence-electron chi connectivity index (χ2n) is 8.73. The lowest BCUT2D eigenvalue weighted by Gasteiger charge is -2.26. The number of anilines is 2. The minimum absolute atomic E-state index is 0.0604. The normalized spacial score (nSPS) is 14.8. The molecule has 6 rings (SSSR count). The fourth-order valence-electron chi connectivity index (χ4n) is 4.51. The molecule has 0 spiro atoms. The molecule has 0 saturated carbocycles. The number of rotatable bonds is 8. The first-order chi connectivity index (χ1) is 17.7. The van der Waals surface area contributed by atoms with Crippen LogP contribution in [-0.2, 0) is 11.3 Å². The molecule has 0 bridgehead atoms. The molecule has 8 nitrogen and oxygen atoms in total. The Morgan fingerprint density at radius 1 is 1.06 bits per heavy atom. The molecule has 2 N–H and O–H groups in total. The number of fused-ring (bicyclic) bond motifs is 5. The van der Waals surface area contributed by atoms with E-state index in [9.17, 15) is 4.39 Å². The molecule has 0 unspecified atom stereocenters. The number of aromatic nitrogens is 4. The van der Waals surface area contributed by atoms with Crippen molar-refractivity contribution in [2.45, 2.75) is 6.54 Å². The number of morpholine rings is 1. The second-order valence-corrected chi connectivity index (χ2v) is 10.1. The summed E-state index contributed by atoms with van der Waals surface area (Å²) in [5, 5.41) is 14.7. The van der Waals surface area contributed by atoms with Gasteiger partial charge >= 0.3 is 0 Å². The maximum absolute atomic E-state index is 13.6. The van der Waals surface area contributed by atoms with Gasteiger partial charge in [0.25, 0.3) is 0 Å². The van der Waals surface area contributed by atoms with Gasteiger partial charge in [-0.3, -0.25) is 9.58 Å². The van der Waals surface area contributed by atoms with Crippen LogP contribution in [0.5, 0.6) is 0 Å². The van der Waals surface area contributed by atoms with Gasteiger partial charge in [-0.25, -0.2) is 14.4 Å². The molecule has 1 aliphatic rings. The van der Waals surface area contributed by atoms with Gasteiger partial charge in [-0.05, 0) is 24.3 Å². The fraction of sp³-hybridized carbons (Fsp3) is 0.320. The van der Waals surface area contributed by atoms with E-state index in [1.165, 1.54) is 12.4 Å². The Bertz CT molecular complexity index is 1530. The first-order valence-corrected chi connectivity index (χ1v) is 13.1. The number of hydrogen-bond acceptors (Lipinski definition) is 8. The molecule has 0 radical (unpaired) electrons. The number of ether oxygens (including phenoxy) is 1. The molecule has 0 aliphatic carbocycles. The Kier molecular flexibility index (Phi) is 6.68. The predicted molar refractivity (Wildman–Crippen MR) is 143 cm³/mol. The van der Waals surface area contributed by atoms with Crippen molar-refractivity contribution >= 4 is 65.6 Å². The molecule has 4 heterocycles. The highest BCUT2D eigenvalue weighted by molar-refractivity contribution is 7.26. The lowest BCUT2D eigenvalue weighted by molar-refractivity contribution is 0.0384. The van der Waals surface area contributed by atoms with E-state index >= 15 is 0 Å². The van der Waals surface area contributed by atoms with Crippen LogP contribution >= 0.6 is 22.9 Å². The van der Waals surface area contributed by atoms with Crippen molar-refractivity contribution < 1.29 is 9.13 Å². The third-order valence-electron chi connectivity index (χ3n) is 6.38. The van der Waals surface area contributed by atoms with Gasteiger partial charge in [0.05, 0.1) is 35.7 Å². The van der Waals surface area contributed by atoms with Gasteiger partial charge in [-0.1, -0.05) is 17.7 Å². The SMILES string of the molecule is Fc1ccc(Nc2ncnc3sc4c5cn(CCNCCN6CCOCC6)nc5ccc4c23)cc1Cl. The Morgan fingerprint density at radius 2 is 1.92 bits per heavy atom. The molecule has 0 atom stereocenters. The monoisotopic (exact) mass is 525 g/mol. The van der Waals surface area contributed by atoms with Crippen LogP contribution in [0.2, 0.25) is 5.02 Å². The zero-order valence-corrected chi connectivity index (χ0v) is 21.1. The zero-order valence-electron chi connectivity index (χ0n) is 19.5. The third-order valence-corrected chi connectivity index (χ3v) is 7.81. The molecule has 1 saturated heterocycles. The average Bonchev–Trinajstić information content (AvgIpc) is 3.48. The number of hydrogen-bond donors (Lipinski definition) is 2. The van der Waals surface area contributed by atoms with E-state index in [4.69, 9.17) is 21.4 Å². The molecule has 186 valence electrons. The summed E-state index contributed by atoms with van der Waals surface area (Å²) in [7, 11) is 0. The Labute approximate surface area is 216 Å². The molecule has 0 amide bonds. The molecular weight excluding hydrogens is 501 g/mol. The minimum atomic E-state index is -0.456. The zero-order chi connectivity index (χ0) is 24.5. The van der Waals surface area contributed by atoms with E-state index in [2.05, 4.69) is 37.8 Å². The number of nitrogens with zero attached hydrogens (tertiary/aromatic N) is 5. The number of nitrogens with one attached hydrogen (secondary N) is 2. The third kappa shape index (κ3) is 4.74. The quantitative estimate of drug-likeness (QED) is 0.285. The predicted octanol–water partition coefficient (Wildman–Crippen LogP) is 4.65. The first kappa shape index (κ1) is 23.5. The van der Waals surface area contributed by atoms with Crippen LogP contribution < -0.4 is 10.6 Å². The molecule has 11 heteroatoms. The van der Waals surface area contributed by atoms with Crippen molar-refractivity contribution in [3.63, 3.8) is 0 Å². The van der Waals surface area contributed by atoms with Crippen LogP contribution in [0.25, 0.3) is 31.2 Å². The van der Waals surface area contributed by atoms with E-state index in [1.54, 1.807) is 23.5 Å². The van der Waals surface area contributed by atoms with Crippen molar-refractivity contribution in [3.8, 4) is 0 Å². The molecule has 36 heavy (non-hydrogen) atoms. The molecule has 5 aromatic rings. The lowest BCUT2D eigenvalue weighted by atomic mass is 10.1. The highest BCUT2D eigenvalue weighted by Crippen LogP contribution is 2.40. The molecule has 1 fully saturated rings. The van der Waals surface area contributed by atoms with Gasteiger partial charge in [-0.2, -0.15) is 5.10 Å². The maximum Gasteiger partial charge on any atom is 0.143 e. The second kappa shape index (κ2) is 10.2. The Hall–Kier alpha value is -2.89. The summed E-state index contributed by atoms with van der Waals surface area (Å²) in [6, 6.07) is 8.64. The molecule has 2 aromatic carbocycles. The number of thiophene rings is 1. The minimum Gasteiger partial charge on any atom is -0.379 e. The average molecular weight is 526 g/mol. The van der Waals surface area contributed by atoms with E-state index in [0.717, 1.165) is 83.7 Å². The standard InChI is InChI=1S/C25H25ClFN7OS/c26-19-13-16(1-3-20(19)27)31-24-22-17-2-4-21-18(23(17)36-25(22)30-15-29-24)14-34(32-21)8-6-28-5-7-33-9-11-35-12-10-33/h1-4,13-15,28H,5-12H2,(H,29,30,31). The molecule has 1 aliphatic heterocycles. The van der Waals surface area contributed by atoms with Crippen molar-refractivity contribution in [2.24, 2.45) is 0 Å². The van der Waals surface area contributed by atoms with E-state index in [1.807, 2.05) is 10.7 Å². The van der Waals surface area contributed by atoms with Gasteiger partial charge < -0.3 is 15.4 Å². The van der Waals surface area contributed by atoms with Crippen molar-refractivity contribution in [3.05, 3.63) is 53.7 Å². The van der Waals surface area contributed by atoms with Crippen LogP contribution in [0.3, 0.4) is 0 Å². The Balaban J connectivity index is 1.21. The number of benzene rings is 2. The van der Waals surface area contributed by atoms with Gasteiger partial charge in [0.2, 0.25) is 0 Å².